The molecule has 0 atom stereocenters. The minimum Gasteiger partial charge on any atom is -0.423 e. The number of carbonyl (C=O) groups is 5. The smallest absolute Gasteiger partial charge is 0.343 e. The summed E-state index contributed by atoms with van der Waals surface area (Å²) in [6.07, 6.45) is 0. The Balaban J connectivity index is 0.926. The van der Waals surface area contributed by atoms with E-state index >= 15 is 0 Å². The molecule has 0 heterocycles. The Hall–Kier alpha value is -7.85. The van der Waals surface area contributed by atoms with Crippen molar-refractivity contribution in [2.75, 3.05) is 10.6 Å². The van der Waals surface area contributed by atoms with Crippen molar-refractivity contribution in [3.8, 4) is 17.2 Å². The first-order valence-corrected chi connectivity index (χ1v) is 17.8. The minimum atomic E-state index is -0.662. The maximum Gasteiger partial charge on any atom is 0.343 e. The van der Waals surface area contributed by atoms with Crippen molar-refractivity contribution in [2.24, 2.45) is 0 Å². The number of fused-ring (bicyclic) bond motifs is 1. The van der Waals surface area contributed by atoms with Crippen LogP contribution in [0.1, 0.15) is 62.9 Å². The third kappa shape index (κ3) is 9.45. The maximum absolute atomic E-state index is 13.1. The normalized spacial score (nSPS) is 10.6. The number of aryl methyl sites for hydroxylation is 2. The molecule has 2 N–H and O–H groups in total. The van der Waals surface area contributed by atoms with E-state index < -0.39 is 23.8 Å². The predicted octanol–water partition coefficient (Wildman–Crippen LogP) is 9.62. The summed E-state index contributed by atoms with van der Waals surface area (Å²) < 4.78 is 16.6. The molecule has 2 amide bonds. The summed E-state index contributed by atoms with van der Waals surface area (Å²) in [5.41, 5.74) is 4.78. The fourth-order valence-corrected chi connectivity index (χ4v) is 5.71. The molecule has 10 heteroatoms. The van der Waals surface area contributed by atoms with Crippen molar-refractivity contribution in [3.05, 3.63) is 197 Å². The van der Waals surface area contributed by atoms with Crippen LogP contribution in [0.25, 0.3) is 10.8 Å². The van der Waals surface area contributed by atoms with Gasteiger partial charge in [-0.05, 0) is 140 Å². The van der Waals surface area contributed by atoms with Crippen LogP contribution in [0.4, 0.5) is 11.4 Å². The zero-order valence-corrected chi connectivity index (χ0v) is 30.8. The Kier molecular flexibility index (Phi) is 11.0. The van der Waals surface area contributed by atoms with Gasteiger partial charge in [0.15, 0.2) is 0 Å². The summed E-state index contributed by atoms with van der Waals surface area (Å²) in [6, 6.07) is 43.3. The van der Waals surface area contributed by atoms with E-state index in [4.69, 9.17) is 14.2 Å². The molecule has 280 valence electrons. The zero-order chi connectivity index (χ0) is 39.9. The molecular formula is C47H34N2O8. The van der Waals surface area contributed by atoms with Crippen LogP contribution in [-0.2, 0) is 0 Å². The number of esters is 3. The van der Waals surface area contributed by atoms with E-state index in [1.165, 1.54) is 6.07 Å². The molecule has 7 aromatic rings. The summed E-state index contributed by atoms with van der Waals surface area (Å²) in [5, 5.41) is 7.03. The number of ether oxygens (including phenoxy) is 3. The quantitative estimate of drug-likeness (QED) is 0.104. The number of hydrogen-bond acceptors (Lipinski definition) is 8. The Morgan fingerprint density at radius 3 is 1.35 bits per heavy atom. The van der Waals surface area contributed by atoms with Gasteiger partial charge < -0.3 is 24.8 Å². The van der Waals surface area contributed by atoms with E-state index in [1.807, 2.05) is 38.1 Å². The molecule has 57 heavy (non-hydrogen) atoms. The van der Waals surface area contributed by atoms with E-state index in [0.717, 1.165) is 21.9 Å². The number of benzene rings is 7. The van der Waals surface area contributed by atoms with Crippen molar-refractivity contribution in [1.82, 2.24) is 0 Å². The first-order valence-electron chi connectivity index (χ1n) is 17.8. The van der Waals surface area contributed by atoms with Crippen molar-refractivity contribution in [2.45, 2.75) is 13.8 Å². The zero-order valence-electron chi connectivity index (χ0n) is 30.8. The molecule has 7 rings (SSSR count). The van der Waals surface area contributed by atoms with Gasteiger partial charge in [0.1, 0.15) is 17.2 Å². The van der Waals surface area contributed by atoms with E-state index in [1.54, 1.807) is 127 Å². The Labute approximate surface area is 327 Å². The molecule has 0 saturated carbocycles. The van der Waals surface area contributed by atoms with Gasteiger partial charge in [0.05, 0.1) is 16.7 Å². The maximum atomic E-state index is 13.1. The molecule has 0 fully saturated rings. The highest BCUT2D eigenvalue weighted by Gasteiger charge is 2.16. The molecule has 0 radical (unpaired) electrons. The molecule has 0 saturated heterocycles. The molecule has 0 unspecified atom stereocenters. The summed E-state index contributed by atoms with van der Waals surface area (Å²) >= 11 is 0. The van der Waals surface area contributed by atoms with Crippen LogP contribution in [0.3, 0.4) is 0 Å². The standard InChI is InChI=1S/C47H34N2O8/c1-29-6-10-31(11-7-29)43(50)48-38-17-24-41(25-18-38)56-47(54)37-15-14-34-28-42(21-16-33(34)26-37)57-46(53)36-5-3-4-35(27-36)44(51)49-39-19-22-40(23-20-39)55-45(52)32-12-8-30(2)9-13-32/h3-28H,1-2H3,(H,48,50)(H,49,51). The molecular weight excluding hydrogens is 721 g/mol. The second-order valence-electron chi connectivity index (χ2n) is 13.2. The number of carbonyl (C=O) groups excluding carboxylic acids is 5. The third-order valence-electron chi connectivity index (χ3n) is 8.86. The first-order chi connectivity index (χ1) is 27.6. The van der Waals surface area contributed by atoms with Gasteiger partial charge in [0, 0.05) is 22.5 Å². The van der Waals surface area contributed by atoms with Gasteiger partial charge in [-0.15, -0.1) is 0 Å². The molecule has 0 aliphatic carbocycles. The monoisotopic (exact) mass is 754 g/mol. The lowest BCUT2D eigenvalue weighted by molar-refractivity contribution is 0.0725. The fraction of sp³-hybridized carbons (Fsp3) is 0.0426. The second kappa shape index (κ2) is 16.7. The summed E-state index contributed by atoms with van der Waals surface area (Å²) in [6.45, 7) is 3.88. The van der Waals surface area contributed by atoms with Gasteiger partial charge >= 0.3 is 17.9 Å². The van der Waals surface area contributed by atoms with Crippen LogP contribution in [0.5, 0.6) is 17.2 Å². The highest BCUT2D eigenvalue weighted by molar-refractivity contribution is 6.06. The molecule has 0 aliphatic heterocycles. The average molecular weight is 755 g/mol. The van der Waals surface area contributed by atoms with Gasteiger partial charge in [-0.1, -0.05) is 53.6 Å². The lowest BCUT2D eigenvalue weighted by Gasteiger charge is -2.10. The third-order valence-corrected chi connectivity index (χ3v) is 8.86. The van der Waals surface area contributed by atoms with Gasteiger partial charge in [-0.2, -0.15) is 0 Å². The Bertz CT molecular complexity index is 2630. The summed E-state index contributed by atoms with van der Waals surface area (Å²) in [7, 11) is 0. The lowest BCUT2D eigenvalue weighted by Crippen LogP contribution is -2.14. The van der Waals surface area contributed by atoms with Gasteiger partial charge in [0.2, 0.25) is 0 Å². The number of rotatable bonds is 10. The van der Waals surface area contributed by atoms with Crippen molar-refractivity contribution in [1.29, 1.82) is 0 Å². The van der Waals surface area contributed by atoms with E-state index in [9.17, 15) is 24.0 Å². The summed E-state index contributed by atoms with van der Waals surface area (Å²) in [5.74, 6) is -1.51. The van der Waals surface area contributed by atoms with Gasteiger partial charge in [-0.25, -0.2) is 14.4 Å². The molecule has 0 spiro atoms. The van der Waals surface area contributed by atoms with Crippen LogP contribution in [0, 0.1) is 13.8 Å². The SMILES string of the molecule is Cc1ccc(C(=O)Nc2ccc(OC(=O)c3ccc4cc(OC(=O)c5cccc(C(=O)Nc6ccc(OC(=O)c7ccc(C)cc7)cc6)c5)ccc4c3)cc2)cc1. The van der Waals surface area contributed by atoms with E-state index in [0.29, 0.717) is 39.6 Å². The number of hydrogen-bond donors (Lipinski definition) is 2. The fourth-order valence-electron chi connectivity index (χ4n) is 5.71. The summed E-state index contributed by atoms with van der Waals surface area (Å²) in [4.78, 5) is 64.1. The molecule has 0 aromatic heterocycles. The lowest BCUT2D eigenvalue weighted by atomic mass is 10.1. The van der Waals surface area contributed by atoms with E-state index in [-0.39, 0.29) is 22.8 Å². The van der Waals surface area contributed by atoms with Crippen LogP contribution in [-0.4, -0.2) is 29.7 Å². The second-order valence-corrected chi connectivity index (χ2v) is 13.2. The molecule has 0 bridgehead atoms. The Morgan fingerprint density at radius 1 is 0.368 bits per heavy atom. The van der Waals surface area contributed by atoms with Gasteiger partial charge in [-0.3, -0.25) is 9.59 Å². The highest BCUT2D eigenvalue weighted by Crippen LogP contribution is 2.25. The molecule has 10 nitrogen and oxygen atoms in total. The predicted molar refractivity (Wildman–Crippen MR) is 216 cm³/mol. The largest absolute Gasteiger partial charge is 0.423 e. The molecule has 0 aliphatic rings. The average Bonchev–Trinajstić information content (AvgIpc) is 3.22. The number of nitrogens with one attached hydrogen (secondary N) is 2. The van der Waals surface area contributed by atoms with Crippen LogP contribution < -0.4 is 24.8 Å². The van der Waals surface area contributed by atoms with E-state index in [2.05, 4.69) is 10.6 Å². The van der Waals surface area contributed by atoms with Crippen molar-refractivity contribution >= 4 is 51.9 Å². The van der Waals surface area contributed by atoms with Crippen LogP contribution in [0.15, 0.2) is 158 Å². The van der Waals surface area contributed by atoms with Crippen LogP contribution in [0.2, 0.25) is 0 Å². The van der Waals surface area contributed by atoms with Crippen LogP contribution >= 0.6 is 0 Å². The van der Waals surface area contributed by atoms with Crippen molar-refractivity contribution < 1.29 is 38.2 Å². The van der Waals surface area contributed by atoms with Crippen molar-refractivity contribution in [3.63, 3.8) is 0 Å². The Morgan fingerprint density at radius 2 is 0.772 bits per heavy atom. The number of amides is 2. The number of anilines is 2. The minimum absolute atomic E-state index is 0.167. The molecule has 7 aromatic carbocycles. The topological polar surface area (TPSA) is 137 Å². The van der Waals surface area contributed by atoms with Gasteiger partial charge in [0.25, 0.3) is 11.8 Å². The first kappa shape index (κ1) is 37.5. The highest BCUT2D eigenvalue weighted by atomic mass is 16.5.